The van der Waals surface area contributed by atoms with E-state index in [1.54, 1.807) is 0 Å². The standard InChI is InChI=1S/C11H21NO2/c1-2-14-10(13)11(12)8-6-4-3-5-7-9-11/h2-9,12H2,1H3. The zero-order chi connectivity index (χ0) is 10.4. The van der Waals surface area contributed by atoms with E-state index in [-0.39, 0.29) is 5.97 Å². The van der Waals surface area contributed by atoms with E-state index in [0.717, 1.165) is 25.7 Å². The first kappa shape index (κ1) is 11.5. The smallest absolute Gasteiger partial charge is 0.326 e. The third-order valence-corrected chi connectivity index (χ3v) is 2.93. The molecule has 3 nitrogen and oxygen atoms in total. The first-order valence-corrected chi connectivity index (χ1v) is 5.65. The normalized spacial score (nSPS) is 22.1. The Hall–Kier alpha value is -0.570. The summed E-state index contributed by atoms with van der Waals surface area (Å²) in [5.41, 5.74) is 5.39. The highest BCUT2D eigenvalue weighted by Gasteiger charge is 2.34. The van der Waals surface area contributed by atoms with Gasteiger partial charge < -0.3 is 10.5 Å². The van der Waals surface area contributed by atoms with Gasteiger partial charge in [0.15, 0.2) is 0 Å². The van der Waals surface area contributed by atoms with Gasteiger partial charge >= 0.3 is 5.97 Å². The Morgan fingerprint density at radius 1 is 1.21 bits per heavy atom. The van der Waals surface area contributed by atoms with Gasteiger partial charge in [-0.3, -0.25) is 4.79 Å². The molecular formula is C11H21NO2. The summed E-state index contributed by atoms with van der Waals surface area (Å²) in [5.74, 6) is -0.207. The molecule has 1 fully saturated rings. The first-order chi connectivity index (χ1) is 6.69. The summed E-state index contributed by atoms with van der Waals surface area (Å²) >= 11 is 0. The van der Waals surface area contributed by atoms with Crippen LogP contribution in [0.1, 0.15) is 51.9 Å². The fourth-order valence-corrected chi connectivity index (χ4v) is 2.02. The topological polar surface area (TPSA) is 52.3 Å². The van der Waals surface area contributed by atoms with Gasteiger partial charge in [-0.1, -0.05) is 32.1 Å². The molecule has 14 heavy (non-hydrogen) atoms. The average Bonchev–Trinajstić information content (AvgIpc) is 2.12. The third kappa shape index (κ3) is 2.98. The van der Waals surface area contributed by atoms with E-state index in [1.165, 1.54) is 19.3 Å². The first-order valence-electron chi connectivity index (χ1n) is 5.65. The second-order valence-corrected chi connectivity index (χ2v) is 4.14. The van der Waals surface area contributed by atoms with E-state index < -0.39 is 5.54 Å². The second kappa shape index (κ2) is 5.35. The molecule has 2 N–H and O–H groups in total. The van der Waals surface area contributed by atoms with Crippen molar-refractivity contribution in [1.82, 2.24) is 0 Å². The van der Waals surface area contributed by atoms with E-state index in [0.29, 0.717) is 6.61 Å². The molecular weight excluding hydrogens is 178 g/mol. The summed E-state index contributed by atoms with van der Waals surface area (Å²) in [5, 5.41) is 0. The summed E-state index contributed by atoms with van der Waals surface area (Å²) < 4.78 is 5.02. The Bertz CT molecular complexity index is 184. The molecule has 0 atom stereocenters. The van der Waals surface area contributed by atoms with Gasteiger partial charge in [0.05, 0.1) is 6.61 Å². The number of carbonyl (C=O) groups is 1. The quantitative estimate of drug-likeness (QED) is 0.692. The highest BCUT2D eigenvalue weighted by Crippen LogP contribution is 2.25. The molecule has 0 amide bonds. The van der Waals surface area contributed by atoms with Crippen LogP contribution in [0.3, 0.4) is 0 Å². The van der Waals surface area contributed by atoms with E-state index >= 15 is 0 Å². The maximum atomic E-state index is 11.6. The SMILES string of the molecule is CCOC(=O)C1(N)CCCCCCC1. The molecule has 0 bridgehead atoms. The molecule has 0 aromatic carbocycles. The van der Waals surface area contributed by atoms with Crippen molar-refractivity contribution in [3.8, 4) is 0 Å². The highest BCUT2D eigenvalue weighted by atomic mass is 16.5. The van der Waals surface area contributed by atoms with Crippen molar-refractivity contribution in [3.63, 3.8) is 0 Å². The minimum Gasteiger partial charge on any atom is -0.465 e. The molecule has 1 rings (SSSR count). The molecule has 0 spiro atoms. The maximum Gasteiger partial charge on any atom is 0.326 e. The van der Waals surface area contributed by atoms with Crippen LogP contribution in [-0.2, 0) is 9.53 Å². The van der Waals surface area contributed by atoms with Crippen molar-refractivity contribution in [1.29, 1.82) is 0 Å². The van der Waals surface area contributed by atoms with Gasteiger partial charge in [-0.2, -0.15) is 0 Å². The van der Waals surface area contributed by atoms with E-state index in [1.807, 2.05) is 6.92 Å². The van der Waals surface area contributed by atoms with Crippen LogP contribution in [0, 0.1) is 0 Å². The van der Waals surface area contributed by atoms with Crippen molar-refractivity contribution in [3.05, 3.63) is 0 Å². The molecule has 0 aromatic heterocycles. The number of nitrogens with two attached hydrogens (primary N) is 1. The number of esters is 1. The van der Waals surface area contributed by atoms with Crippen LogP contribution >= 0.6 is 0 Å². The van der Waals surface area contributed by atoms with Crippen LogP contribution in [0.2, 0.25) is 0 Å². The fourth-order valence-electron chi connectivity index (χ4n) is 2.02. The lowest BCUT2D eigenvalue weighted by molar-refractivity contribution is -0.150. The molecule has 1 saturated carbocycles. The van der Waals surface area contributed by atoms with E-state index in [2.05, 4.69) is 0 Å². The fraction of sp³-hybridized carbons (Fsp3) is 0.909. The molecule has 0 unspecified atom stereocenters. The number of hydrogen-bond donors (Lipinski definition) is 1. The molecule has 0 heterocycles. The molecule has 1 aliphatic carbocycles. The highest BCUT2D eigenvalue weighted by molar-refractivity contribution is 5.80. The van der Waals surface area contributed by atoms with Crippen LogP contribution in [0.25, 0.3) is 0 Å². The second-order valence-electron chi connectivity index (χ2n) is 4.14. The Balaban J connectivity index is 2.53. The zero-order valence-corrected chi connectivity index (χ0v) is 9.05. The maximum absolute atomic E-state index is 11.6. The summed E-state index contributed by atoms with van der Waals surface area (Å²) in [4.78, 5) is 11.6. The Kier molecular flexibility index (Phi) is 4.39. The molecule has 82 valence electrons. The largest absolute Gasteiger partial charge is 0.465 e. The number of carbonyl (C=O) groups excluding carboxylic acids is 1. The van der Waals surface area contributed by atoms with Crippen LogP contribution < -0.4 is 5.73 Å². The lowest BCUT2D eigenvalue weighted by Gasteiger charge is -2.28. The Labute approximate surface area is 86.0 Å². The van der Waals surface area contributed by atoms with Gasteiger partial charge in [0.1, 0.15) is 5.54 Å². The van der Waals surface area contributed by atoms with Crippen LogP contribution in [0.5, 0.6) is 0 Å². The van der Waals surface area contributed by atoms with Crippen molar-refractivity contribution >= 4 is 5.97 Å². The molecule has 0 saturated heterocycles. The summed E-state index contributed by atoms with van der Waals surface area (Å²) in [6, 6.07) is 0. The van der Waals surface area contributed by atoms with Crippen LogP contribution in [0.4, 0.5) is 0 Å². The van der Waals surface area contributed by atoms with E-state index in [4.69, 9.17) is 10.5 Å². The van der Waals surface area contributed by atoms with Gasteiger partial charge in [0, 0.05) is 0 Å². The summed E-state index contributed by atoms with van der Waals surface area (Å²) in [6.45, 7) is 2.25. The van der Waals surface area contributed by atoms with Gasteiger partial charge in [-0.25, -0.2) is 0 Å². The number of hydrogen-bond acceptors (Lipinski definition) is 3. The molecule has 0 aromatic rings. The van der Waals surface area contributed by atoms with Crippen LogP contribution in [-0.4, -0.2) is 18.1 Å². The molecule has 1 aliphatic rings. The zero-order valence-electron chi connectivity index (χ0n) is 9.05. The molecule has 3 heteroatoms. The minimum atomic E-state index is -0.698. The molecule has 0 radical (unpaired) electrons. The lowest BCUT2D eigenvalue weighted by Crippen LogP contribution is -2.49. The van der Waals surface area contributed by atoms with Crippen LogP contribution in [0.15, 0.2) is 0 Å². The lowest BCUT2D eigenvalue weighted by atomic mass is 9.85. The van der Waals surface area contributed by atoms with Gasteiger partial charge in [0.25, 0.3) is 0 Å². The summed E-state index contributed by atoms with van der Waals surface area (Å²) in [6.07, 6.45) is 7.33. The minimum absolute atomic E-state index is 0.207. The van der Waals surface area contributed by atoms with Gasteiger partial charge in [-0.15, -0.1) is 0 Å². The van der Waals surface area contributed by atoms with Gasteiger partial charge in [-0.05, 0) is 19.8 Å². The number of ether oxygens (including phenoxy) is 1. The Morgan fingerprint density at radius 2 is 1.71 bits per heavy atom. The third-order valence-electron chi connectivity index (χ3n) is 2.93. The van der Waals surface area contributed by atoms with Crippen molar-refractivity contribution < 1.29 is 9.53 Å². The number of rotatable bonds is 2. The monoisotopic (exact) mass is 199 g/mol. The predicted octanol–water partition coefficient (Wildman–Crippen LogP) is 1.99. The van der Waals surface area contributed by atoms with Crippen molar-refractivity contribution in [2.75, 3.05) is 6.61 Å². The summed E-state index contributed by atoms with van der Waals surface area (Å²) in [7, 11) is 0. The molecule has 0 aliphatic heterocycles. The Morgan fingerprint density at radius 3 is 2.21 bits per heavy atom. The van der Waals surface area contributed by atoms with Gasteiger partial charge in [0.2, 0.25) is 0 Å². The van der Waals surface area contributed by atoms with E-state index in [9.17, 15) is 4.79 Å². The van der Waals surface area contributed by atoms with Crippen molar-refractivity contribution in [2.24, 2.45) is 5.73 Å². The average molecular weight is 199 g/mol. The van der Waals surface area contributed by atoms with Crippen molar-refractivity contribution in [2.45, 2.75) is 57.4 Å². The predicted molar refractivity (Wildman–Crippen MR) is 55.9 cm³/mol.